The summed E-state index contributed by atoms with van der Waals surface area (Å²) in [6.45, 7) is 0.366. The van der Waals surface area contributed by atoms with Gasteiger partial charge in [-0.15, -0.1) is 0 Å². The molecule has 2 aromatic carbocycles. The number of rotatable bonds is 4. The third-order valence-corrected chi connectivity index (χ3v) is 5.79. The molecule has 2 aliphatic rings. The van der Waals surface area contributed by atoms with Gasteiger partial charge in [-0.25, -0.2) is 4.39 Å². The second-order valence-corrected chi connectivity index (χ2v) is 7.93. The zero-order chi connectivity index (χ0) is 20.5. The molecule has 2 unspecified atom stereocenters. The van der Waals surface area contributed by atoms with Gasteiger partial charge in [-0.3, -0.25) is 14.4 Å². The molecule has 150 valence electrons. The van der Waals surface area contributed by atoms with Gasteiger partial charge in [-0.2, -0.15) is 11.8 Å². The number of nitrogens with one attached hydrogen (secondary N) is 2. The molecular weight excluding hydrogens is 393 g/mol. The van der Waals surface area contributed by atoms with E-state index >= 15 is 0 Å². The Labute approximate surface area is 171 Å². The van der Waals surface area contributed by atoms with Gasteiger partial charge >= 0.3 is 0 Å². The molecule has 1 saturated heterocycles. The number of carbonyl (C=O) groups is 3. The molecule has 2 atom stereocenters. The van der Waals surface area contributed by atoms with Gasteiger partial charge in [0.2, 0.25) is 11.8 Å². The van der Waals surface area contributed by atoms with Crippen molar-refractivity contribution in [1.29, 1.82) is 0 Å². The summed E-state index contributed by atoms with van der Waals surface area (Å²) in [6.07, 6.45) is 2.33. The van der Waals surface area contributed by atoms with Crippen molar-refractivity contribution in [1.82, 2.24) is 10.2 Å². The molecule has 0 bridgehead atoms. The third kappa shape index (κ3) is 3.60. The van der Waals surface area contributed by atoms with Crippen LogP contribution in [-0.2, 0) is 9.59 Å². The molecule has 2 N–H and O–H groups in total. The molecule has 2 heterocycles. The molecule has 2 aromatic rings. The number of amides is 3. The molecule has 0 saturated carbocycles. The van der Waals surface area contributed by atoms with Gasteiger partial charge < -0.3 is 15.5 Å². The number of hydrogen-bond donors (Lipinski definition) is 2. The van der Waals surface area contributed by atoms with E-state index in [0.29, 0.717) is 41.1 Å². The van der Waals surface area contributed by atoms with Crippen LogP contribution in [0.1, 0.15) is 16.8 Å². The average Bonchev–Trinajstić information content (AvgIpc) is 3.07. The van der Waals surface area contributed by atoms with Crippen molar-refractivity contribution < 1.29 is 18.8 Å². The fraction of sp³-hybridized carbons (Fsp3) is 0.286. The number of carbonyl (C=O) groups excluding carboxylic acids is 3. The van der Waals surface area contributed by atoms with Crippen molar-refractivity contribution >= 4 is 35.2 Å². The van der Waals surface area contributed by atoms with Crippen LogP contribution >= 0.6 is 11.8 Å². The molecule has 0 aliphatic carbocycles. The summed E-state index contributed by atoms with van der Waals surface area (Å²) in [7, 11) is 0. The minimum Gasteiger partial charge on any atom is -0.350 e. The van der Waals surface area contributed by atoms with Crippen molar-refractivity contribution in [2.45, 2.75) is 18.5 Å². The molecule has 4 rings (SSSR count). The Hall–Kier alpha value is -2.87. The summed E-state index contributed by atoms with van der Waals surface area (Å²) in [5.74, 6) is -0.877. The van der Waals surface area contributed by atoms with Crippen molar-refractivity contribution in [3.63, 3.8) is 0 Å². The van der Waals surface area contributed by atoms with E-state index in [-0.39, 0.29) is 23.5 Å². The van der Waals surface area contributed by atoms with Crippen molar-refractivity contribution in [3.8, 4) is 11.1 Å². The monoisotopic (exact) mass is 413 g/mol. The Morgan fingerprint density at radius 1 is 1.24 bits per heavy atom. The van der Waals surface area contributed by atoms with Crippen molar-refractivity contribution in [2.24, 2.45) is 0 Å². The van der Waals surface area contributed by atoms with Gasteiger partial charge in [0.25, 0.3) is 5.91 Å². The predicted molar refractivity (Wildman–Crippen MR) is 110 cm³/mol. The van der Waals surface area contributed by atoms with E-state index < -0.39 is 12.1 Å². The smallest absolute Gasteiger partial charge is 0.256 e. The Kier molecular flexibility index (Phi) is 5.27. The van der Waals surface area contributed by atoms with Gasteiger partial charge in [-0.05, 0) is 36.4 Å². The first kappa shape index (κ1) is 19.4. The second-order valence-electron chi connectivity index (χ2n) is 7.07. The molecule has 2 aliphatic heterocycles. The van der Waals surface area contributed by atoms with Gasteiger partial charge in [0, 0.05) is 12.1 Å². The number of halogens is 1. The number of nitrogens with zero attached hydrogens (tertiary/aromatic N) is 1. The fourth-order valence-corrected chi connectivity index (χ4v) is 4.28. The van der Waals surface area contributed by atoms with Crippen LogP contribution in [0.2, 0.25) is 0 Å². The molecule has 29 heavy (non-hydrogen) atoms. The van der Waals surface area contributed by atoms with Gasteiger partial charge in [0.05, 0.1) is 23.0 Å². The fourth-order valence-electron chi connectivity index (χ4n) is 3.93. The Bertz CT molecular complexity index is 997. The van der Waals surface area contributed by atoms with Crippen LogP contribution < -0.4 is 10.6 Å². The first-order valence-corrected chi connectivity index (χ1v) is 10.7. The first-order chi connectivity index (χ1) is 14.0. The van der Waals surface area contributed by atoms with Crippen LogP contribution in [0.4, 0.5) is 10.1 Å². The van der Waals surface area contributed by atoms with E-state index in [4.69, 9.17) is 0 Å². The van der Waals surface area contributed by atoms with E-state index in [9.17, 15) is 18.8 Å². The lowest BCUT2D eigenvalue weighted by Crippen LogP contribution is -2.51. The Morgan fingerprint density at radius 3 is 2.79 bits per heavy atom. The highest BCUT2D eigenvalue weighted by Crippen LogP contribution is 2.33. The van der Waals surface area contributed by atoms with Crippen molar-refractivity contribution in [3.05, 3.63) is 53.8 Å². The van der Waals surface area contributed by atoms with E-state index in [1.807, 2.05) is 6.26 Å². The molecule has 1 fully saturated rings. The van der Waals surface area contributed by atoms with Gasteiger partial charge in [0.15, 0.2) is 0 Å². The highest BCUT2D eigenvalue weighted by atomic mass is 32.2. The Balaban J connectivity index is 1.67. The SMILES string of the molecule is CSCC(=O)NC1CCN2C(=O)c3cc(-c4ccccc4F)ccc3NC(=O)C12. The minimum atomic E-state index is -0.766. The molecule has 8 heteroatoms. The summed E-state index contributed by atoms with van der Waals surface area (Å²) < 4.78 is 14.2. The topological polar surface area (TPSA) is 78.5 Å². The number of anilines is 1. The molecule has 0 aromatic heterocycles. The molecule has 3 amide bonds. The summed E-state index contributed by atoms with van der Waals surface area (Å²) in [5.41, 5.74) is 1.66. The Morgan fingerprint density at radius 2 is 2.03 bits per heavy atom. The quantitative estimate of drug-likeness (QED) is 0.807. The van der Waals surface area contributed by atoms with Crippen LogP contribution in [0.5, 0.6) is 0 Å². The number of benzene rings is 2. The maximum atomic E-state index is 14.2. The van der Waals surface area contributed by atoms with Crippen LogP contribution in [0, 0.1) is 5.82 Å². The predicted octanol–water partition coefficient (Wildman–Crippen LogP) is 2.51. The number of fused-ring (bicyclic) bond motifs is 2. The first-order valence-electron chi connectivity index (χ1n) is 9.28. The second kappa shape index (κ2) is 7.87. The van der Waals surface area contributed by atoms with Crippen molar-refractivity contribution in [2.75, 3.05) is 23.9 Å². The maximum Gasteiger partial charge on any atom is 0.256 e. The minimum absolute atomic E-state index is 0.159. The van der Waals surface area contributed by atoms with Gasteiger partial charge in [0.1, 0.15) is 11.9 Å². The van der Waals surface area contributed by atoms with E-state index in [1.54, 1.807) is 36.4 Å². The summed E-state index contributed by atoms with van der Waals surface area (Å²) in [4.78, 5) is 39.5. The lowest BCUT2D eigenvalue weighted by molar-refractivity contribution is -0.122. The normalized spacial score (nSPS) is 20.6. The molecule has 0 radical (unpaired) electrons. The lowest BCUT2D eigenvalue weighted by atomic mass is 10.0. The van der Waals surface area contributed by atoms with Crippen LogP contribution in [0.3, 0.4) is 0 Å². The average molecular weight is 413 g/mol. The lowest BCUT2D eigenvalue weighted by Gasteiger charge is -2.24. The highest BCUT2D eigenvalue weighted by Gasteiger charge is 2.45. The third-order valence-electron chi connectivity index (χ3n) is 5.24. The number of thioether (sulfide) groups is 1. The zero-order valence-corrected chi connectivity index (χ0v) is 16.6. The molecular formula is C21H20FN3O3S. The largest absolute Gasteiger partial charge is 0.350 e. The number of hydrogen-bond acceptors (Lipinski definition) is 4. The van der Waals surface area contributed by atoms with Gasteiger partial charge in [-0.1, -0.05) is 24.3 Å². The standard InChI is InChI=1S/C21H20FN3O3S/c1-29-11-18(26)23-17-8-9-25-19(17)20(27)24-16-7-6-12(10-14(16)21(25)28)13-4-2-3-5-15(13)22/h2-7,10,17,19H,8-9,11H2,1H3,(H,23,26)(H,24,27). The summed E-state index contributed by atoms with van der Waals surface area (Å²) in [5, 5.41) is 5.67. The summed E-state index contributed by atoms with van der Waals surface area (Å²) >= 11 is 1.39. The van der Waals surface area contributed by atoms with E-state index in [0.717, 1.165) is 0 Å². The van der Waals surface area contributed by atoms with E-state index in [1.165, 1.54) is 22.7 Å². The van der Waals surface area contributed by atoms with Crippen LogP contribution in [-0.4, -0.2) is 53.3 Å². The maximum absolute atomic E-state index is 14.2. The highest BCUT2D eigenvalue weighted by molar-refractivity contribution is 7.99. The molecule has 0 spiro atoms. The van der Waals surface area contributed by atoms with E-state index in [2.05, 4.69) is 10.6 Å². The van der Waals surface area contributed by atoms with Crippen LogP contribution in [0.15, 0.2) is 42.5 Å². The van der Waals surface area contributed by atoms with Crippen LogP contribution in [0.25, 0.3) is 11.1 Å². The zero-order valence-electron chi connectivity index (χ0n) is 15.8. The molecule has 6 nitrogen and oxygen atoms in total. The summed E-state index contributed by atoms with van der Waals surface area (Å²) in [6, 6.07) is 10.1.